The van der Waals surface area contributed by atoms with E-state index in [0.717, 1.165) is 16.7 Å². The fourth-order valence-corrected chi connectivity index (χ4v) is 4.57. The van der Waals surface area contributed by atoms with Gasteiger partial charge in [-0.2, -0.15) is 0 Å². The molecule has 1 heterocycles. The van der Waals surface area contributed by atoms with Crippen LogP contribution in [0.5, 0.6) is 11.5 Å². The second-order valence-electron chi connectivity index (χ2n) is 6.81. The Morgan fingerprint density at radius 1 is 1.18 bits per heavy atom. The van der Waals surface area contributed by atoms with Crippen LogP contribution in [-0.4, -0.2) is 54.8 Å². The molecular weight excluding hydrogens is 575 g/mol. The van der Waals surface area contributed by atoms with Crippen molar-refractivity contribution < 1.29 is 33.4 Å². The van der Waals surface area contributed by atoms with Crippen molar-refractivity contribution in [2.45, 2.75) is 6.92 Å². The third kappa shape index (κ3) is 6.50. The van der Waals surface area contributed by atoms with E-state index in [0.29, 0.717) is 26.3 Å². The molecule has 11 heteroatoms. The van der Waals surface area contributed by atoms with Crippen molar-refractivity contribution in [1.82, 2.24) is 4.90 Å². The average Bonchev–Trinajstić information content (AvgIpc) is 3.06. The number of carbonyl (C=O) groups is 4. The summed E-state index contributed by atoms with van der Waals surface area (Å²) < 4.78 is 16.4. The fourth-order valence-electron chi connectivity index (χ4n) is 2.95. The van der Waals surface area contributed by atoms with E-state index in [9.17, 15) is 19.2 Å². The smallest absolute Gasteiger partial charge is 0.344 e. The molecule has 2 aromatic rings. The fraction of sp³-hybridized carbons (Fsp3) is 0.217. The maximum absolute atomic E-state index is 12.8. The van der Waals surface area contributed by atoms with Gasteiger partial charge in [0.2, 0.25) is 5.91 Å². The molecule has 0 saturated carbocycles. The molecule has 0 aliphatic carbocycles. The minimum Gasteiger partial charge on any atom is -0.493 e. The number of methoxy groups -OCH3 is 1. The number of halogens is 1. The molecule has 3 amide bonds. The van der Waals surface area contributed by atoms with Crippen molar-refractivity contribution >= 4 is 69.1 Å². The van der Waals surface area contributed by atoms with Crippen LogP contribution in [0.25, 0.3) is 6.08 Å². The first-order valence-corrected chi connectivity index (χ1v) is 12.0. The van der Waals surface area contributed by atoms with Crippen LogP contribution in [0.2, 0.25) is 0 Å². The zero-order valence-electron chi connectivity index (χ0n) is 18.3. The molecule has 1 aliphatic rings. The number of nitrogens with one attached hydrogen (secondary N) is 1. The Bertz CT molecular complexity index is 1140. The number of hydrogen-bond donors (Lipinski definition) is 1. The Balaban J connectivity index is 1.73. The lowest BCUT2D eigenvalue weighted by Gasteiger charge is -2.13. The van der Waals surface area contributed by atoms with Gasteiger partial charge < -0.3 is 19.5 Å². The van der Waals surface area contributed by atoms with E-state index in [1.165, 1.54) is 7.11 Å². The molecule has 0 aromatic heterocycles. The third-order valence-electron chi connectivity index (χ3n) is 4.42. The molecule has 34 heavy (non-hydrogen) atoms. The van der Waals surface area contributed by atoms with E-state index < -0.39 is 29.6 Å². The maximum Gasteiger partial charge on any atom is 0.344 e. The highest BCUT2D eigenvalue weighted by atomic mass is 127. The molecule has 3 rings (SSSR count). The van der Waals surface area contributed by atoms with E-state index in [1.807, 2.05) is 28.7 Å². The predicted octanol–water partition coefficient (Wildman–Crippen LogP) is 3.92. The summed E-state index contributed by atoms with van der Waals surface area (Å²) in [6.07, 6.45) is 1.54. The first-order valence-electron chi connectivity index (χ1n) is 10.1. The Kier molecular flexibility index (Phi) is 8.93. The summed E-state index contributed by atoms with van der Waals surface area (Å²) in [6, 6.07) is 12.1. The summed E-state index contributed by atoms with van der Waals surface area (Å²) in [5.74, 6) is -0.832. The summed E-state index contributed by atoms with van der Waals surface area (Å²) in [4.78, 5) is 50.1. The number of hydrogen-bond acceptors (Lipinski definition) is 8. The Morgan fingerprint density at radius 2 is 1.91 bits per heavy atom. The van der Waals surface area contributed by atoms with Gasteiger partial charge in [-0.05, 0) is 77.2 Å². The van der Waals surface area contributed by atoms with Crippen molar-refractivity contribution in [3.8, 4) is 11.5 Å². The highest BCUT2D eigenvalue weighted by Gasteiger charge is 2.36. The van der Waals surface area contributed by atoms with E-state index >= 15 is 0 Å². The number of carbonyl (C=O) groups excluding carboxylic acids is 4. The first kappa shape index (κ1) is 25.6. The van der Waals surface area contributed by atoms with Gasteiger partial charge in [-0.1, -0.05) is 18.2 Å². The van der Waals surface area contributed by atoms with Crippen LogP contribution in [-0.2, 0) is 19.1 Å². The van der Waals surface area contributed by atoms with Gasteiger partial charge in [0, 0.05) is 5.69 Å². The topological polar surface area (TPSA) is 111 Å². The van der Waals surface area contributed by atoms with Crippen molar-refractivity contribution in [3.63, 3.8) is 0 Å². The lowest BCUT2D eigenvalue weighted by Crippen LogP contribution is -2.36. The molecule has 178 valence electrons. The van der Waals surface area contributed by atoms with E-state index in [4.69, 9.17) is 14.2 Å². The predicted molar refractivity (Wildman–Crippen MR) is 136 cm³/mol. The van der Waals surface area contributed by atoms with Crippen LogP contribution in [0.15, 0.2) is 47.4 Å². The molecule has 1 N–H and O–H groups in total. The van der Waals surface area contributed by atoms with E-state index in [1.54, 1.807) is 49.4 Å². The normalized spacial score (nSPS) is 14.3. The van der Waals surface area contributed by atoms with Crippen LogP contribution in [0, 0.1) is 3.57 Å². The number of imide groups is 1. The molecule has 1 aliphatic heterocycles. The van der Waals surface area contributed by atoms with Crippen LogP contribution < -0.4 is 14.8 Å². The van der Waals surface area contributed by atoms with Crippen molar-refractivity contribution in [1.29, 1.82) is 0 Å². The minimum absolute atomic E-state index is 0.176. The van der Waals surface area contributed by atoms with Gasteiger partial charge in [-0.25, -0.2) is 4.79 Å². The molecule has 0 unspecified atom stereocenters. The second-order valence-corrected chi connectivity index (χ2v) is 8.97. The molecule has 1 saturated heterocycles. The second kappa shape index (κ2) is 11.9. The molecule has 9 nitrogen and oxygen atoms in total. The van der Waals surface area contributed by atoms with E-state index in [2.05, 4.69) is 5.32 Å². The number of anilines is 1. The summed E-state index contributed by atoms with van der Waals surface area (Å²) in [5.41, 5.74) is 1.16. The molecule has 0 bridgehead atoms. The van der Waals surface area contributed by atoms with Crippen LogP contribution in [0.3, 0.4) is 0 Å². The standard InChI is InChI=1S/C23H21IN2O7S/c1-3-32-20(28)13-33-21-16(24)9-14(10-17(21)31-2)11-18-22(29)26(23(30)34-18)12-19(27)25-15-7-5-4-6-8-15/h4-11H,3,12-13H2,1-2H3,(H,25,27)/b18-11-. The third-order valence-corrected chi connectivity index (χ3v) is 6.13. The lowest BCUT2D eigenvalue weighted by molar-refractivity contribution is -0.145. The van der Waals surface area contributed by atoms with Gasteiger partial charge in [0.15, 0.2) is 18.1 Å². The number of nitrogens with zero attached hydrogens (tertiary/aromatic N) is 1. The maximum atomic E-state index is 12.8. The SMILES string of the molecule is CCOC(=O)COc1c(I)cc(/C=C2\SC(=O)N(CC(=O)Nc3ccccc3)C2=O)cc1OC. The Morgan fingerprint density at radius 3 is 2.59 bits per heavy atom. The summed E-state index contributed by atoms with van der Waals surface area (Å²) >= 11 is 2.77. The summed E-state index contributed by atoms with van der Waals surface area (Å²) in [7, 11) is 1.45. The summed E-state index contributed by atoms with van der Waals surface area (Å²) in [5, 5.41) is 2.12. The lowest BCUT2D eigenvalue weighted by atomic mass is 10.2. The monoisotopic (exact) mass is 596 g/mol. The molecule has 2 aromatic carbocycles. The summed E-state index contributed by atoms with van der Waals surface area (Å²) in [6.45, 7) is 1.29. The Hall–Kier alpha value is -3.06. The number of esters is 1. The quantitative estimate of drug-likeness (QED) is 0.264. The van der Waals surface area contributed by atoms with E-state index in [-0.39, 0.29) is 18.1 Å². The van der Waals surface area contributed by atoms with Gasteiger partial charge in [0.05, 0.1) is 22.2 Å². The number of thioether (sulfide) groups is 1. The number of ether oxygens (including phenoxy) is 3. The van der Waals surface area contributed by atoms with Gasteiger partial charge in [0.1, 0.15) is 6.54 Å². The first-order chi connectivity index (χ1) is 16.3. The highest BCUT2D eigenvalue weighted by molar-refractivity contribution is 14.1. The average molecular weight is 596 g/mol. The number of benzene rings is 2. The van der Waals surface area contributed by atoms with Crippen molar-refractivity contribution in [2.75, 3.05) is 32.2 Å². The zero-order valence-corrected chi connectivity index (χ0v) is 21.3. The van der Waals surface area contributed by atoms with Crippen LogP contribution in [0.1, 0.15) is 12.5 Å². The van der Waals surface area contributed by atoms with Gasteiger partial charge in [0.25, 0.3) is 11.1 Å². The molecule has 0 spiro atoms. The molecule has 0 atom stereocenters. The largest absolute Gasteiger partial charge is 0.493 e. The molecule has 1 fully saturated rings. The van der Waals surface area contributed by atoms with Crippen molar-refractivity contribution in [2.24, 2.45) is 0 Å². The van der Waals surface area contributed by atoms with Gasteiger partial charge in [-0.15, -0.1) is 0 Å². The number of rotatable bonds is 9. The van der Waals surface area contributed by atoms with Crippen LogP contribution >= 0.6 is 34.4 Å². The van der Waals surface area contributed by atoms with Crippen molar-refractivity contribution in [3.05, 3.63) is 56.5 Å². The molecule has 0 radical (unpaired) electrons. The highest BCUT2D eigenvalue weighted by Crippen LogP contribution is 2.37. The molecular formula is C23H21IN2O7S. The minimum atomic E-state index is -0.560. The number of para-hydroxylation sites is 1. The Labute approximate surface area is 213 Å². The zero-order chi connectivity index (χ0) is 24.7. The number of amides is 3. The van der Waals surface area contributed by atoms with Crippen LogP contribution in [0.4, 0.5) is 10.5 Å². The van der Waals surface area contributed by atoms with Gasteiger partial charge >= 0.3 is 5.97 Å². The van der Waals surface area contributed by atoms with Gasteiger partial charge in [-0.3, -0.25) is 19.3 Å².